The molecule has 0 N–H and O–H groups in total. The van der Waals surface area contributed by atoms with Gasteiger partial charge in [0.1, 0.15) is 5.03 Å². The topological polar surface area (TPSA) is 26.3 Å². The van der Waals surface area contributed by atoms with E-state index in [2.05, 4.69) is 0 Å². The molecule has 0 amide bonds. The zero-order valence-corrected chi connectivity index (χ0v) is 10.7. The average Bonchev–Trinajstić information content (AvgIpc) is 2.50. The van der Waals surface area contributed by atoms with Gasteiger partial charge in [-0.2, -0.15) is 0 Å². The van der Waals surface area contributed by atoms with E-state index < -0.39 is 11.4 Å². The van der Waals surface area contributed by atoms with Crippen LogP contribution < -0.4 is 0 Å². The van der Waals surface area contributed by atoms with Crippen LogP contribution in [0.3, 0.4) is 0 Å². The fourth-order valence-corrected chi connectivity index (χ4v) is 2.74. The van der Waals surface area contributed by atoms with Crippen LogP contribution in [0.2, 0.25) is 0 Å². The molecule has 84 valence electrons. The molecule has 0 aliphatic carbocycles. The molecule has 0 saturated heterocycles. The lowest BCUT2D eigenvalue weighted by atomic mass is 10.2. The molecule has 0 spiro atoms. The smallest absolute Gasteiger partial charge is 0.352 e. The summed E-state index contributed by atoms with van der Waals surface area (Å²) in [5, 5.41) is 0.243. The monoisotopic (exact) mass is 274 g/mol. The normalized spacial score (nSPS) is 20.2. The molecule has 2 rings (SSSR count). The molecular formula is C11H8Cl2O2S. The molecule has 1 aliphatic heterocycles. The minimum atomic E-state index is -0.558. The van der Waals surface area contributed by atoms with Crippen molar-refractivity contribution in [3.63, 3.8) is 0 Å². The first-order valence-corrected chi connectivity index (χ1v) is 6.21. The Balaban J connectivity index is 2.19. The van der Waals surface area contributed by atoms with Gasteiger partial charge >= 0.3 is 5.97 Å². The summed E-state index contributed by atoms with van der Waals surface area (Å²) < 4.78 is 5.03. The highest BCUT2D eigenvalue weighted by Crippen LogP contribution is 2.39. The van der Waals surface area contributed by atoms with Crippen molar-refractivity contribution < 1.29 is 9.53 Å². The Kier molecular flexibility index (Phi) is 3.47. The molecule has 0 saturated carbocycles. The standard InChI is InChI=1S/C11H8Cl2O2S/c1-6-4-2-3-5-7(6)16-11-9(13)8(12)10(14)15-11/h2-5,11H,1H3. The molecule has 0 aromatic heterocycles. The molecule has 0 fully saturated rings. The van der Waals surface area contributed by atoms with Crippen molar-refractivity contribution in [2.75, 3.05) is 0 Å². The van der Waals surface area contributed by atoms with E-state index in [1.54, 1.807) is 0 Å². The first-order valence-electron chi connectivity index (χ1n) is 4.58. The number of cyclic esters (lactones) is 1. The van der Waals surface area contributed by atoms with Gasteiger partial charge in [0.15, 0.2) is 5.44 Å². The van der Waals surface area contributed by atoms with E-state index in [4.69, 9.17) is 27.9 Å². The first-order chi connectivity index (χ1) is 7.59. The minimum absolute atomic E-state index is 0.0206. The molecule has 1 unspecified atom stereocenters. The molecule has 5 heteroatoms. The summed E-state index contributed by atoms with van der Waals surface area (Å²) in [6, 6.07) is 7.80. The lowest BCUT2D eigenvalue weighted by Gasteiger charge is -2.11. The highest BCUT2D eigenvalue weighted by Gasteiger charge is 2.33. The highest BCUT2D eigenvalue weighted by molar-refractivity contribution is 8.00. The van der Waals surface area contributed by atoms with Crippen molar-refractivity contribution >= 4 is 40.9 Å². The van der Waals surface area contributed by atoms with Crippen molar-refractivity contribution in [2.45, 2.75) is 17.3 Å². The highest BCUT2D eigenvalue weighted by atomic mass is 35.5. The molecule has 1 aromatic carbocycles. The maximum atomic E-state index is 11.2. The van der Waals surface area contributed by atoms with Crippen LogP contribution in [-0.4, -0.2) is 11.4 Å². The van der Waals surface area contributed by atoms with Gasteiger partial charge < -0.3 is 4.74 Å². The second-order valence-electron chi connectivity index (χ2n) is 3.28. The SMILES string of the molecule is Cc1ccccc1SC1OC(=O)C(Cl)=C1Cl. The van der Waals surface area contributed by atoms with E-state index in [-0.39, 0.29) is 10.1 Å². The lowest BCUT2D eigenvalue weighted by molar-refractivity contribution is -0.136. The number of aryl methyl sites for hydroxylation is 1. The summed E-state index contributed by atoms with van der Waals surface area (Å²) in [6.07, 6.45) is 0. The zero-order valence-electron chi connectivity index (χ0n) is 8.37. The van der Waals surface area contributed by atoms with Crippen LogP contribution in [0, 0.1) is 6.92 Å². The maximum absolute atomic E-state index is 11.2. The lowest BCUT2D eigenvalue weighted by Crippen LogP contribution is -2.05. The van der Waals surface area contributed by atoms with Gasteiger partial charge in [0.25, 0.3) is 0 Å². The van der Waals surface area contributed by atoms with Crippen molar-refractivity contribution in [3.05, 3.63) is 39.9 Å². The van der Waals surface area contributed by atoms with E-state index in [9.17, 15) is 4.79 Å². The molecule has 0 radical (unpaired) electrons. The summed E-state index contributed by atoms with van der Waals surface area (Å²) in [4.78, 5) is 12.2. The van der Waals surface area contributed by atoms with Gasteiger partial charge in [-0.05, 0) is 18.6 Å². The van der Waals surface area contributed by atoms with Crippen molar-refractivity contribution in [1.29, 1.82) is 0 Å². The van der Waals surface area contributed by atoms with Crippen molar-refractivity contribution in [2.24, 2.45) is 0 Å². The van der Waals surface area contributed by atoms with Crippen LogP contribution in [-0.2, 0) is 9.53 Å². The molecule has 1 aromatic rings. The number of benzene rings is 1. The van der Waals surface area contributed by atoms with Crippen LogP contribution in [0.15, 0.2) is 39.2 Å². The van der Waals surface area contributed by atoms with Gasteiger partial charge in [0.05, 0.1) is 5.03 Å². The Labute approximate surface area is 108 Å². The largest absolute Gasteiger partial charge is 0.441 e. The van der Waals surface area contributed by atoms with Gasteiger partial charge in [0, 0.05) is 4.90 Å². The van der Waals surface area contributed by atoms with Crippen molar-refractivity contribution in [3.8, 4) is 0 Å². The summed E-state index contributed by atoms with van der Waals surface area (Å²) in [5.41, 5.74) is 0.582. The van der Waals surface area contributed by atoms with E-state index in [1.165, 1.54) is 11.8 Å². The Morgan fingerprint density at radius 2 is 2.00 bits per heavy atom. The third kappa shape index (κ3) is 2.21. The van der Waals surface area contributed by atoms with Crippen molar-refractivity contribution in [1.82, 2.24) is 0 Å². The molecule has 1 heterocycles. The number of carbonyl (C=O) groups is 1. The number of esters is 1. The third-order valence-corrected chi connectivity index (χ3v) is 4.37. The number of hydrogen-bond acceptors (Lipinski definition) is 3. The molecular weight excluding hydrogens is 267 g/mol. The predicted molar refractivity (Wildman–Crippen MR) is 65.6 cm³/mol. The van der Waals surface area contributed by atoms with E-state index in [1.807, 2.05) is 31.2 Å². The van der Waals surface area contributed by atoms with Gasteiger partial charge in [-0.1, -0.05) is 53.2 Å². The Morgan fingerprint density at radius 1 is 1.31 bits per heavy atom. The molecule has 1 atom stereocenters. The second-order valence-corrected chi connectivity index (χ2v) is 5.17. The van der Waals surface area contributed by atoms with Crippen LogP contribution in [0.1, 0.15) is 5.56 Å². The fourth-order valence-electron chi connectivity index (χ4n) is 1.28. The van der Waals surface area contributed by atoms with Gasteiger partial charge in [-0.25, -0.2) is 4.79 Å². The van der Waals surface area contributed by atoms with E-state index in [0.717, 1.165) is 10.5 Å². The number of ether oxygens (including phenoxy) is 1. The maximum Gasteiger partial charge on any atom is 0.352 e. The minimum Gasteiger partial charge on any atom is -0.441 e. The first kappa shape index (κ1) is 11.8. The predicted octanol–water partition coefficient (Wildman–Crippen LogP) is 3.66. The van der Waals surface area contributed by atoms with E-state index >= 15 is 0 Å². The fraction of sp³-hybridized carbons (Fsp3) is 0.182. The van der Waals surface area contributed by atoms with Crippen LogP contribution in [0.25, 0.3) is 0 Å². The van der Waals surface area contributed by atoms with Crippen LogP contribution in [0.4, 0.5) is 0 Å². The Morgan fingerprint density at radius 3 is 2.56 bits per heavy atom. The summed E-state index contributed by atoms with van der Waals surface area (Å²) in [7, 11) is 0. The number of thioether (sulfide) groups is 1. The van der Waals surface area contributed by atoms with E-state index in [0.29, 0.717) is 0 Å². The zero-order chi connectivity index (χ0) is 11.7. The number of rotatable bonds is 2. The molecule has 0 bridgehead atoms. The quantitative estimate of drug-likeness (QED) is 0.770. The molecule has 16 heavy (non-hydrogen) atoms. The Bertz CT molecular complexity index is 471. The number of carbonyl (C=O) groups excluding carboxylic acids is 1. The summed E-state index contributed by atoms with van der Waals surface area (Å²) in [5.74, 6) is -0.558. The number of hydrogen-bond donors (Lipinski definition) is 0. The van der Waals surface area contributed by atoms with Crippen LogP contribution >= 0.6 is 35.0 Å². The van der Waals surface area contributed by atoms with Gasteiger partial charge in [-0.15, -0.1) is 0 Å². The third-order valence-electron chi connectivity index (χ3n) is 2.14. The Hall–Kier alpha value is -0.640. The van der Waals surface area contributed by atoms with Gasteiger partial charge in [-0.3, -0.25) is 0 Å². The molecule has 1 aliphatic rings. The average molecular weight is 275 g/mol. The van der Waals surface area contributed by atoms with Gasteiger partial charge in [0.2, 0.25) is 0 Å². The number of halogens is 2. The summed E-state index contributed by atoms with van der Waals surface area (Å²) in [6.45, 7) is 1.98. The van der Waals surface area contributed by atoms with Crippen LogP contribution in [0.5, 0.6) is 0 Å². The second kappa shape index (κ2) is 4.70. The molecule has 2 nitrogen and oxygen atoms in total. The summed E-state index contributed by atoms with van der Waals surface area (Å²) >= 11 is 13.0.